The molecule has 0 radical (unpaired) electrons. The molecule has 0 amide bonds. The molecule has 7 aromatic carbocycles. The van der Waals surface area contributed by atoms with Gasteiger partial charge in [-0.15, -0.1) is 0 Å². The second kappa shape index (κ2) is 9.22. The van der Waals surface area contributed by atoms with Crippen molar-refractivity contribution in [3.63, 3.8) is 0 Å². The van der Waals surface area contributed by atoms with Gasteiger partial charge in [0, 0.05) is 43.7 Å². The van der Waals surface area contributed by atoms with E-state index in [9.17, 15) is 0 Å². The van der Waals surface area contributed by atoms with Gasteiger partial charge in [-0.1, -0.05) is 97.1 Å². The summed E-state index contributed by atoms with van der Waals surface area (Å²) in [6.07, 6.45) is 0. The molecule has 45 heavy (non-hydrogen) atoms. The number of hydrogen-bond donors (Lipinski definition) is 0. The molecule has 3 aromatic heterocycles. The SMILES string of the molecule is c1ccc(-n2c3ccccc3c3c(-c4ccc5c6ccccc6n(-c6ccc7oc8ccccc8c7c6)c5c4)cccc32)cc1. The zero-order chi connectivity index (χ0) is 29.5. The molecule has 3 nitrogen and oxygen atoms in total. The van der Waals surface area contributed by atoms with Crippen molar-refractivity contribution < 1.29 is 4.42 Å². The zero-order valence-corrected chi connectivity index (χ0v) is 24.3. The Hall–Kier alpha value is -6.06. The van der Waals surface area contributed by atoms with Crippen LogP contribution in [0.1, 0.15) is 0 Å². The van der Waals surface area contributed by atoms with Crippen molar-refractivity contribution in [1.82, 2.24) is 9.13 Å². The molecule has 0 saturated carbocycles. The second-order valence-electron chi connectivity index (χ2n) is 11.8. The Kier molecular flexibility index (Phi) is 5.00. The molecule has 0 aliphatic rings. The van der Waals surface area contributed by atoms with Gasteiger partial charge in [0.1, 0.15) is 11.2 Å². The number of aromatic nitrogens is 2. The lowest BCUT2D eigenvalue weighted by Crippen LogP contribution is -1.94. The van der Waals surface area contributed by atoms with Gasteiger partial charge in [-0.2, -0.15) is 0 Å². The van der Waals surface area contributed by atoms with E-state index in [2.05, 4.69) is 155 Å². The van der Waals surface area contributed by atoms with Crippen LogP contribution < -0.4 is 0 Å². The van der Waals surface area contributed by atoms with Crippen molar-refractivity contribution in [2.24, 2.45) is 0 Å². The first kappa shape index (κ1) is 24.4. The van der Waals surface area contributed by atoms with Crippen LogP contribution in [0, 0.1) is 0 Å². The topological polar surface area (TPSA) is 23.0 Å². The Labute approximate surface area is 258 Å². The monoisotopic (exact) mass is 574 g/mol. The summed E-state index contributed by atoms with van der Waals surface area (Å²) in [6.45, 7) is 0. The number of fused-ring (bicyclic) bond motifs is 9. The summed E-state index contributed by atoms with van der Waals surface area (Å²) in [7, 11) is 0. The van der Waals surface area contributed by atoms with Crippen LogP contribution in [-0.2, 0) is 0 Å². The normalized spacial score (nSPS) is 12.0. The van der Waals surface area contributed by atoms with Crippen LogP contribution >= 0.6 is 0 Å². The molecule has 0 atom stereocenters. The molecule has 0 saturated heterocycles. The fourth-order valence-corrected chi connectivity index (χ4v) is 7.38. The molecule has 210 valence electrons. The van der Waals surface area contributed by atoms with Gasteiger partial charge >= 0.3 is 0 Å². The van der Waals surface area contributed by atoms with Gasteiger partial charge in [0.05, 0.1) is 22.1 Å². The second-order valence-corrected chi connectivity index (χ2v) is 11.8. The molecule has 3 heterocycles. The molecule has 0 spiro atoms. The van der Waals surface area contributed by atoms with Gasteiger partial charge in [-0.25, -0.2) is 0 Å². The molecular weight excluding hydrogens is 548 g/mol. The number of hydrogen-bond acceptors (Lipinski definition) is 1. The maximum absolute atomic E-state index is 6.18. The third kappa shape index (κ3) is 3.46. The van der Waals surface area contributed by atoms with Crippen LogP contribution in [0.25, 0.3) is 88.1 Å². The summed E-state index contributed by atoms with van der Waals surface area (Å²) >= 11 is 0. The molecule has 3 heteroatoms. The summed E-state index contributed by atoms with van der Waals surface area (Å²) in [6, 6.07) is 56.6. The summed E-state index contributed by atoms with van der Waals surface area (Å²) in [5.74, 6) is 0. The smallest absolute Gasteiger partial charge is 0.135 e. The van der Waals surface area contributed by atoms with Gasteiger partial charge in [0.2, 0.25) is 0 Å². The minimum atomic E-state index is 0.905. The van der Waals surface area contributed by atoms with Crippen molar-refractivity contribution >= 4 is 65.6 Å². The standard InChI is InChI=1S/C42H26N2O/c1-2-11-28(12-3-1)43-37-18-8-5-15-34(37)42-30(16-10-19-38(42)43)27-21-23-32-31-13-4-7-17-36(31)44(39(32)25-27)29-22-24-41-35(26-29)33-14-6-9-20-40(33)45-41/h1-26H. The predicted octanol–water partition coefficient (Wildman–Crippen LogP) is 11.4. The first-order chi connectivity index (χ1) is 22.3. The van der Waals surface area contributed by atoms with Crippen molar-refractivity contribution in [2.75, 3.05) is 0 Å². The van der Waals surface area contributed by atoms with Crippen LogP contribution in [0.15, 0.2) is 162 Å². The van der Waals surface area contributed by atoms with E-state index in [1.807, 2.05) is 12.1 Å². The summed E-state index contributed by atoms with van der Waals surface area (Å²) in [5.41, 5.74) is 11.3. The highest BCUT2D eigenvalue weighted by Gasteiger charge is 2.18. The van der Waals surface area contributed by atoms with E-state index in [0.29, 0.717) is 0 Å². The Morgan fingerprint density at radius 3 is 1.87 bits per heavy atom. The van der Waals surface area contributed by atoms with Crippen LogP contribution in [0.3, 0.4) is 0 Å². The molecule has 0 N–H and O–H groups in total. The van der Waals surface area contributed by atoms with Gasteiger partial charge in [0.25, 0.3) is 0 Å². The predicted molar refractivity (Wildman–Crippen MR) is 188 cm³/mol. The maximum Gasteiger partial charge on any atom is 0.135 e. The highest BCUT2D eigenvalue weighted by Crippen LogP contribution is 2.41. The molecule has 10 rings (SSSR count). The lowest BCUT2D eigenvalue weighted by molar-refractivity contribution is 0.669. The fraction of sp³-hybridized carbons (Fsp3) is 0. The fourth-order valence-electron chi connectivity index (χ4n) is 7.38. The minimum Gasteiger partial charge on any atom is -0.456 e. The minimum absolute atomic E-state index is 0.905. The third-order valence-electron chi connectivity index (χ3n) is 9.32. The highest BCUT2D eigenvalue weighted by molar-refractivity contribution is 6.17. The largest absolute Gasteiger partial charge is 0.456 e. The zero-order valence-electron chi connectivity index (χ0n) is 24.3. The molecule has 10 aromatic rings. The van der Waals surface area contributed by atoms with E-state index >= 15 is 0 Å². The van der Waals surface area contributed by atoms with Crippen LogP contribution in [0.5, 0.6) is 0 Å². The lowest BCUT2D eigenvalue weighted by Gasteiger charge is -2.11. The molecular formula is C42H26N2O. The average molecular weight is 575 g/mol. The summed E-state index contributed by atoms with van der Waals surface area (Å²) in [4.78, 5) is 0. The molecule has 0 fully saturated rings. The quantitative estimate of drug-likeness (QED) is 0.206. The van der Waals surface area contributed by atoms with Crippen LogP contribution in [0.4, 0.5) is 0 Å². The third-order valence-corrected chi connectivity index (χ3v) is 9.32. The van der Waals surface area contributed by atoms with Crippen molar-refractivity contribution in [3.8, 4) is 22.5 Å². The maximum atomic E-state index is 6.18. The Morgan fingerprint density at radius 2 is 1.00 bits per heavy atom. The summed E-state index contributed by atoms with van der Waals surface area (Å²) < 4.78 is 11.0. The number of para-hydroxylation sites is 4. The van der Waals surface area contributed by atoms with Crippen molar-refractivity contribution in [1.29, 1.82) is 0 Å². The van der Waals surface area contributed by atoms with Gasteiger partial charge in [0.15, 0.2) is 0 Å². The van der Waals surface area contributed by atoms with E-state index in [1.165, 1.54) is 60.4 Å². The number of benzene rings is 7. The van der Waals surface area contributed by atoms with Crippen molar-refractivity contribution in [2.45, 2.75) is 0 Å². The number of furan rings is 1. The van der Waals surface area contributed by atoms with E-state index in [4.69, 9.17) is 4.42 Å². The molecule has 0 aliphatic carbocycles. The van der Waals surface area contributed by atoms with Crippen molar-refractivity contribution in [3.05, 3.63) is 158 Å². The van der Waals surface area contributed by atoms with E-state index in [-0.39, 0.29) is 0 Å². The number of nitrogens with zero attached hydrogens (tertiary/aromatic N) is 2. The van der Waals surface area contributed by atoms with Gasteiger partial charge in [-0.05, 0) is 71.8 Å². The lowest BCUT2D eigenvalue weighted by atomic mass is 9.98. The average Bonchev–Trinajstić information content (AvgIpc) is 3.75. The first-order valence-corrected chi connectivity index (χ1v) is 15.4. The Bertz CT molecular complexity index is 2760. The van der Waals surface area contributed by atoms with E-state index in [0.717, 1.165) is 27.6 Å². The van der Waals surface area contributed by atoms with Gasteiger partial charge in [-0.3, -0.25) is 0 Å². The van der Waals surface area contributed by atoms with E-state index < -0.39 is 0 Å². The van der Waals surface area contributed by atoms with Crippen LogP contribution in [-0.4, -0.2) is 9.13 Å². The Balaban J connectivity index is 1.26. The number of rotatable bonds is 3. The molecule has 0 aliphatic heterocycles. The van der Waals surface area contributed by atoms with Gasteiger partial charge < -0.3 is 13.6 Å². The van der Waals surface area contributed by atoms with E-state index in [1.54, 1.807) is 0 Å². The van der Waals surface area contributed by atoms with Crippen LogP contribution in [0.2, 0.25) is 0 Å². The Morgan fingerprint density at radius 1 is 0.356 bits per heavy atom. The molecule has 0 unspecified atom stereocenters. The highest BCUT2D eigenvalue weighted by atomic mass is 16.3. The molecule has 0 bridgehead atoms. The summed E-state index contributed by atoms with van der Waals surface area (Å²) in [5, 5.41) is 7.27. The first-order valence-electron chi connectivity index (χ1n) is 15.4.